The Labute approximate surface area is 181 Å². The minimum Gasteiger partial charge on any atom is -0.323 e. The van der Waals surface area contributed by atoms with Crippen LogP contribution in [0.3, 0.4) is 0 Å². The van der Waals surface area contributed by atoms with Crippen LogP contribution in [0.1, 0.15) is 64.9 Å². The number of hydrogen-bond donors (Lipinski definition) is 2. The Hall–Kier alpha value is -1.88. The molecule has 2 saturated heterocycles. The second-order valence-electron chi connectivity index (χ2n) is 10.9. The van der Waals surface area contributed by atoms with Crippen LogP contribution in [0, 0.1) is 17.3 Å². The smallest absolute Gasteiger partial charge is 0.323 e. The number of urea groups is 1. The van der Waals surface area contributed by atoms with Gasteiger partial charge in [0, 0.05) is 0 Å². The van der Waals surface area contributed by atoms with Gasteiger partial charge in [0.2, 0.25) is 0 Å². The molecular weight excluding hydrogens is 374 g/mol. The van der Waals surface area contributed by atoms with E-state index in [1.807, 2.05) is 0 Å². The number of piperidine rings is 1. The zero-order chi connectivity index (χ0) is 21.4. The highest BCUT2D eigenvalue weighted by atomic mass is 16.2. The van der Waals surface area contributed by atoms with Crippen LogP contribution in [0.4, 0.5) is 4.79 Å². The molecule has 5 heteroatoms. The van der Waals surface area contributed by atoms with Gasteiger partial charge >= 0.3 is 6.03 Å². The summed E-state index contributed by atoms with van der Waals surface area (Å²) in [5.41, 5.74) is 1.04. The second kappa shape index (κ2) is 8.33. The number of rotatable bonds is 4. The van der Waals surface area contributed by atoms with Crippen LogP contribution in [0.2, 0.25) is 0 Å². The average Bonchev–Trinajstić information content (AvgIpc) is 2.94. The molecule has 3 aliphatic rings. The highest BCUT2D eigenvalue weighted by Crippen LogP contribution is 2.43. The Bertz CT molecular complexity index is 754. The Morgan fingerprint density at radius 2 is 1.67 bits per heavy atom. The van der Waals surface area contributed by atoms with Crippen molar-refractivity contribution < 1.29 is 14.5 Å². The number of nitrogens with zero attached hydrogens (tertiary/aromatic N) is 1. The van der Waals surface area contributed by atoms with Gasteiger partial charge in [-0.2, -0.15) is 0 Å². The molecular formula is C25H38N3O2+. The molecule has 2 aliphatic heterocycles. The number of quaternary nitrogens is 1. The molecule has 0 radical (unpaired) electrons. The van der Waals surface area contributed by atoms with Gasteiger partial charge in [-0.1, -0.05) is 51.1 Å². The molecule has 2 N–H and O–H groups in total. The maximum Gasteiger partial charge on any atom is 0.329 e. The maximum atomic E-state index is 13.3. The van der Waals surface area contributed by atoms with Gasteiger partial charge in [-0.15, -0.1) is 0 Å². The third-order valence-electron chi connectivity index (χ3n) is 7.87. The van der Waals surface area contributed by atoms with Crippen molar-refractivity contribution in [2.24, 2.45) is 17.3 Å². The second-order valence-corrected chi connectivity index (χ2v) is 10.9. The SMILES string of the molecule is CC(C)(C)C1CCC2(CC1)NC(=O)N(C[NH+]1CCC(Cc3ccccc3)CC1)C2=O. The zero-order valence-corrected chi connectivity index (χ0v) is 18.9. The fraction of sp³-hybridized carbons (Fsp3) is 0.680. The van der Waals surface area contributed by atoms with Gasteiger partial charge in [0.05, 0.1) is 13.1 Å². The summed E-state index contributed by atoms with van der Waals surface area (Å²) in [6.45, 7) is 9.43. The van der Waals surface area contributed by atoms with E-state index in [1.54, 1.807) is 0 Å². The van der Waals surface area contributed by atoms with Gasteiger partial charge in [0.25, 0.3) is 5.91 Å². The average molecular weight is 413 g/mol. The number of imide groups is 1. The number of benzene rings is 1. The first-order valence-corrected chi connectivity index (χ1v) is 11.8. The highest BCUT2D eigenvalue weighted by molar-refractivity contribution is 6.06. The van der Waals surface area contributed by atoms with Crippen molar-refractivity contribution in [2.75, 3.05) is 19.8 Å². The summed E-state index contributed by atoms with van der Waals surface area (Å²) in [7, 11) is 0. The monoisotopic (exact) mass is 412 g/mol. The molecule has 3 fully saturated rings. The minimum absolute atomic E-state index is 0.0266. The number of amides is 3. The lowest BCUT2D eigenvalue weighted by molar-refractivity contribution is -0.913. The predicted octanol–water partition coefficient (Wildman–Crippen LogP) is 3.01. The summed E-state index contributed by atoms with van der Waals surface area (Å²) in [6, 6.07) is 10.5. The van der Waals surface area contributed by atoms with Crippen LogP contribution in [0.25, 0.3) is 0 Å². The number of carbonyl (C=O) groups is 2. The van der Waals surface area contributed by atoms with Crippen molar-refractivity contribution in [3.8, 4) is 0 Å². The van der Waals surface area contributed by atoms with Gasteiger partial charge in [-0.25, -0.2) is 9.69 Å². The fourth-order valence-corrected chi connectivity index (χ4v) is 5.75. The molecule has 0 aromatic heterocycles. The molecule has 3 amide bonds. The van der Waals surface area contributed by atoms with E-state index in [1.165, 1.54) is 15.4 Å². The Kier molecular flexibility index (Phi) is 5.93. The molecule has 0 atom stereocenters. The Morgan fingerprint density at radius 1 is 1.03 bits per heavy atom. The van der Waals surface area contributed by atoms with E-state index in [-0.39, 0.29) is 17.4 Å². The first kappa shape index (κ1) is 21.4. The lowest BCUT2D eigenvalue weighted by Crippen LogP contribution is -3.14. The molecule has 1 spiro atoms. The highest BCUT2D eigenvalue weighted by Gasteiger charge is 2.54. The molecule has 1 saturated carbocycles. The minimum atomic E-state index is -0.635. The number of hydrogen-bond acceptors (Lipinski definition) is 2. The van der Waals surface area contributed by atoms with Crippen molar-refractivity contribution in [3.63, 3.8) is 0 Å². The summed E-state index contributed by atoms with van der Waals surface area (Å²) in [5, 5.41) is 3.10. The summed E-state index contributed by atoms with van der Waals surface area (Å²) in [6.07, 6.45) is 7.05. The summed E-state index contributed by atoms with van der Waals surface area (Å²) in [5.74, 6) is 1.35. The van der Waals surface area contributed by atoms with Gasteiger partial charge < -0.3 is 10.2 Å². The molecule has 30 heavy (non-hydrogen) atoms. The van der Waals surface area contributed by atoms with Crippen molar-refractivity contribution in [3.05, 3.63) is 35.9 Å². The molecule has 0 bridgehead atoms. The van der Waals surface area contributed by atoms with E-state index in [0.717, 1.165) is 58.0 Å². The van der Waals surface area contributed by atoms with E-state index in [2.05, 4.69) is 56.4 Å². The van der Waals surface area contributed by atoms with Crippen molar-refractivity contribution in [1.29, 1.82) is 0 Å². The number of carbonyl (C=O) groups excluding carboxylic acids is 2. The largest absolute Gasteiger partial charge is 0.329 e. The van der Waals surface area contributed by atoms with Crippen LogP contribution in [-0.2, 0) is 11.2 Å². The van der Waals surface area contributed by atoms with E-state index < -0.39 is 5.54 Å². The Morgan fingerprint density at radius 3 is 2.27 bits per heavy atom. The molecule has 0 unspecified atom stereocenters. The lowest BCUT2D eigenvalue weighted by atomic mass is 9.67. The van der Waals surface area contributed by atoms with E-state index in [9.17, 15) is 9.59 Å². The van der Waals surface area contributed by atoms with Gasteiger partial charge in [0.1, 0.15) is 5.54 Å². The molecule has 5 nitrogen and oxygen atoms in total. The molecule has 4 rings (SSSR count). The number of likely N-dealkylation sites (tertiary alicyclic amines) is 1. The van der Waals surface area contributed by atoms with Crippen LogP contribution in [0.15, 0.2) is 30.3 Å². The maximum absolute atomic E-state index is 13.3. The summed E-state index contributed by atoms with van der Waals surface area (Å²) < 4.78 is 0. The summed E-state index contributed by atoms with van der Waals surface area (Å²) in [4.78, 5) is 28.8. The first-order chi connectivity index (χ1) is 14.3. The zero-order valence-electron chi connectivity index (χ0n) is 18.9. The topological polar surface area (TPSA) is 53.9 Å². The molecule has 1 aliphatic carbocycles. The predicted molar refractivity (Wildman–Crippen MR) is 118 cm³/mol. The quantitative estimate of drug-likeness (QED) is 0.747. The fourth-order valence-electron chi connectivity index (χ4n) is 5.75. The number of nitrogens with one attached hydrogen (secondary N) is 2. The van der Waals surface area contributed by atoms with E-state index in [0.29, 0.717) is 18.5 Å². The van der Waals surface area contributed by atoms with Gasteiger partial charge in [-0.3, -0.25) is 4.79 Å². The van der Waals surface area contributed by atoms with Crippen LogP contribution in [-0.4, -0.2) is 42.1 Å². The van der Waals surface area contributed by atoms with Crippen LogP contribution >= 0.6 is 0 Å². The van der Waals surface area contributed by atoms with E-state index >= 15 is 0 Å². The van der Waals surface area contributed by atoms with E-state index in [4.69, 9.17) is 0 Å². The molecule has 2 heterocycles. The van der Waals surface area contributed by atoms with Crippen molar-refractivity contribution in [2.45, 2.75) is 71.3 Å². The van der Waals surface area contributed by atoms with Crippen LogP contribution in [0.5, 0.6) is 0 Å². The standard InChI is InChI=1S/C25H37N3O2/c1-24(2,3)21-9-13-25(14-10-21)22(29)28(23(30)26-25)18-27-15-11-20(12-16-27)17-19-7-5-4-6-8-19/h4-8,20-21H,9-18H2,1-3H3,(H,26,30)/p+1. The van der Waals surface area contributed by atoms with Gasteiger partial charge in [0.15, 0.2) is 6.67 Å². The lowest BCUT2D eigenvalue weighted by Gasteiger charge is -2.40. The molecule has 1 aromatic carbocycles. The van der Waals surface area contributed by atoms with Crippen molar-refractivity contribution >= 4 is 11.9 Å². The molecule has 1 aromatic rings. The molecule has 164 valence electrons. The summed E-state index contributed by atoms with van der Waals surface area (Å²) >= 11 is 0. The third kappa shape index (κ3) is 4.41. The van der Waals surface area contributed by atoms with Crippen LogP contribution < -0.4 is 10.2 Å². The van der Waals surface area contributed by atoms with Gasteiger partial charge in [-0.05, 0) is 67.8 Å². The Balaban J connectivity index is 1.29. The third-order valence-corrected chi connectivity index (χ3v) is 7.87. The first-order valence-electron chi connectivity index (χ1n) is 11.8. The van der Waals surface area contributed by atoms with Crippen molar-refractivity contribution in [1.82, 2.24) is 10.2 Å². The normalized spacial score (nSPS) is 32.5.